The Morgan fingerprint density at radius 1 is 1.53 bits per heavy atom. The standard InChI is InChI=1S/C12H16FNO/c1-8-6-9(2-5-11(8)13)12(15)7-14-10-3-4-10/h2,5-6,10,12,14-15H,3-4,7H2,1H3. The topological polar surface area (TPSA) is 32.3 Å². The summed E-state index contributed by atoms with van der Waals surface area (Å²) in [6, 6.07) is 5.34. The van der Waals surface area contributed by atoms with E-state index in [1.165, 1.54) is 18.9 Å². The lowest BCUT2D eigenvalue weighted by Gasteiger charge is -2.12. The van der Waals surface area contributed by atoms with Crippen LogP contribution < -0.4 is 5.32 Å². The molecular weight excluding hydrogens is 193 g/mol. The summed E-state index contributed by atoms with van der Waals surface area (Å²) in [5, 5.41) is 13.1. The fourth-order valence-electron chi connectivity index (χ4n) is 1.56. The summed E-state index contributed by atoms with van der Waals surface area (Å²) in [6.45, 7) is 2.26. The van der Waals surface area contributed by atoms with Gasteiger partial charge in [-0.15, -0.1) is 0 Å². The SMILES string of the molecule is Cc1cc(C(O)CNC2CC2)ccc1F. The fourth-order valence-corrected chi connectivity index (χ4v) is 1.56. The molecule has 1 saturated carbocycles. The van der Waals surface area contributed by atoms with Crippen molar-refractivity contribution in [2.24, 2.45) is 0 Å². The van der Waals surface area contributed by atoms with Crippen LogP contribution in [0.5, 0.6) is 0 Å². The van der Waals surface area contributed by atoms with Crippen molar-refractivity contribution in [3.63, 3.8) is 0 Å². The van der Waals surface area contributed by atoms with E-state index in [9.17, 15) is 9.50 Å². The number of benzene rings is 1. The molecule has 2 nitrogen and oxygen atoms in total. The first-order chi connectivity index (χ1) is 7.16. The summed E-state index contributed by atoms with van der Waals surface area (Å²) in [5.74, 6) is -0.221. The lowest BCUT2D eigenvalue weighted by molar-refractivity contribution is 0.174. The monoisotopic (exact) mass is 209 g/mol. The van der Waals surface area contributed by atoms with Gasteiger partial charge in [0.2, 0.25) is 0 Å². The third-order valence-electron chi connectivity index (χ3n) is 2.74. The number of hydrogen-bond acceptors (Lipinski definition) is 2. The van der Waals surface area contributed by atoms with Gasteiger partial charge < -0.3 is 10.4 Å². The van der Waals surface area contributed by atoms with E-state index in [1.807, 2.05) is 0 Å². The first-order valence-corrected chi connectivity index (χ1v) is 5.34. The van der Waals surface area contributed by atoms with Gasteiger partial charge in [0.15, 0.2) is 0 Å². The Balaban J connectivity index is 1.97. The number of hydrogen-bond donors (Lipinski definition) is 2. The first kappa shape index (κ1) is 10.6. The van der Waals surface area contributed by atoms with Gasteiger partial charge in [-0.05, 0) is 37.0 Å². The highest BCUT2D eigenvalue weighted by atomic mass is 19.1. The molecule has 0 amide bonds. The summed E-state index contributed by atoms with van der Waals surface area (Å²) in [6.07, 6.45) is 1.87. The zero-order valence-corrected chi connectivity index (χ0v) is 8.83. The summed E-state index contributed by atoms with van der Waals surface area (Å²) < 4.78 is 13.0. The molecule has 1 aliphatic carbocycles. The number of nitrogens with one attached hydrogen (secondary N) is 1. The van der Waals surface area contributed by atoms with Crippen molar-refractivity contribution >= 4 is 0 Å². The third-order valence-corrected chi connectivity index (χ3v) is 2.74. The molecule has 2 N–H and O–H groups in total. The second-order valence-electron chi connectivity index (χ2n) is 4.21. The molecule has 3 heteroatoms. The van der Waals surface area contributed by atoms with Crippen LogP contribution in [0.25, 0.3) is 0 Å². The molecule has 0 aliphatic heterocycles. The van der Waals surface area contributed by atoms with Crippen molar-refractivity contribution < 1.29 is 9.50 Å². The van der Waals surface area contributed by atoms with E-state index in [4.69, 9.17) is 0 Å². The van der Waals surface area contributed by atoms with E-state index in [1.54, 1.807) is 19.1 Å². The summed E-state index contributed by atoms with van der Waals surface area (Å²) in [7, 11) is 0. The zero-order valence-electron chi connectivity index (χ0n) is 8.83. The number of halogens is 1. The molecule has 82 valence electrons. The van der Waals surface area contributed by atoms with Crippen LogP contribution in [0.3, 0.4) is 0 Å². The predicted molar refractivity (Wildman–Crippen MR) is 57.1 cm³/mol. The molecule has 1 aromatic carbocycles. The molecular formula is C12H16FNO. The minimum Gasteiger partial charge on any atom is -0.387 e. The molecule has 0 radical (unpaired) electrons. The van der Waals surface area contributed by atoms with Crippen molar-refractivity contribution in [2.45, 2.75) is 31.9 Å². The lowest BCUT2D eigenvalue weighted by Crippen LogP contribution is -2.23. The normalized spacial score (nSPS) is 17.8. The van der Waals surface area contributed by atoms with Crippen LogP contribution in [0.1, 0.15) is 30.1 Å². The van der Waals surface area contributed by atoms with Gasteiger partial charge in [0.25, 0.3) is 0 Å². The molecule has 15 heavy (non-hydrogen) atoms. The quantitative estimate of drug-likeness (QED) is 0.794. The van der Waals surface area contributed by atoms with Crippen molar-refractivity contribution in [1.82, 2.24) is 5.32 Å². The van der Waals surface area contributed by atoms with Crippen molar-refractivity contribution in [3.8, 4) is 0 Å². The maximum atomic E-state index is 13.0. The zero-order chi connectivity index (χ0) is 10.8. The highest BCUT2D eigenvalue weighted by Crippen LogP contribution is 2.21. The minimum absolute atomic E-state index is 0.221. The predicted octanol–water partition coefficient (Wildman–Crippen LogP) is 1.92. The molecule has 1 atom stereocenters. The van der Waals surface area contributed by atoms with Gasteiger partial charge in [0, 0.05) is 12.6 Å². The summed E-state index contributed by atoms with van der Waals surface area (Å²) in [4.78, 5) is 0. The van der Waals surface area contributed by atoms with E-state index in [0.29, 0.717) is 18.2 Å². The van der Waals surface area contributed by atoms with Crippen LogP contribution in [0.15, 0.2) is 18.2 Å². The van der Waals surface area contributed by atoms with Crippen LogP contribution in [0.4, 0.5) is 4.39 Å². The maximum Gasteiger partial charge on any atom is 0.126 e. The molecule has 0 saturated heterocycles. The van der Waals surface area contributed by atoms with E-state index in [0.717, 1.165) is 5.56 Å². The Hall–Kier alpha value is -0.930. The van der Waals surface area contributed by atoms with Gasteiger partial charge in [-0.3, -0.25) is 0 Å². The van der Waals surface area contributed by atoms with Gasteiger partial charge >= 0.3 is 0 Å². The Kier molecular flexibility index (Phi) is 3.03. The Morgan fingerprint density at radius 2 is 2.27 bits per heavy atom. The number of aliphatic hydroxyl groups is 1. The Labute approximate surface area is 89.1 Å². The minimum atomic E-state index is -0.537. The van der Waals surface area contributed by atoms with E-state index < -0.39 is 6.10 Å². The Morgan fingerprint density at radius 3 is 2.87 bits per heavy atom. The summed E-state index contributed by atoms with van der Waals surface area (Å²) in [5.41, 5.74) is 1.36. The first-order valence-electron chi connectivity index (χ1n) is 5.34. The van der Waals surface area contributed by atoms with Crippen LogP contribution in [-0.2, 0) is 0 Å². The smallest absolute Gasteiger partial charge is 0.126 e. The highest BCUT2D eigenvalue weighted by molar-refractivity contribution is 5.25. The molecule has 1 aliphatic rings. The average Bonchev–Trinajstić information content (AvgIpc) is 3.02. The van der Waals surface area contributed by atoms with Crippen molar-refractivity contribution in [3.05, 3.63) is 35.1 Å². The molecule has 0 spiro atoms. The highest BCUT2D eigenvalue weighted by Gasteiger charge is 2.21. The van der Waals surface area contributed by atoms with Gasteiger partial charge in [0.1, 0.15) is 5.82 Å². The molecule has 0 heterocycles. The summed E-state index contributed by atoms with van der Waals surface area (Å²) >= 11 is 0. The van der Waals surface area contributed by atoms with Gasteiger partial charge in [-0.25, -0.2) is 4.39 Å². The third kappa shape index (κ3) is 2.76. The number of rotatable bonds is 4. The molecule has 0 bridgehead atoms. The molecule has 1 fully saturated rings. The molecule has 2 rings (SSSR count). The van der Waals surface area contributed by atoms with Crippen LogP contribution in [0, 0.1) is 12.7 Å². The van der Waals surface area contributed by atoms with Gasteiger partial charge in [0.05, 0.1) is 6.10 Å². The van der Waals surface area contributed by atoms with E-state index >= 15 is 0 Å². The van der Waals surface area contributed by atoms with Crippen molar-refractivity contribution in [1.29, 1.82) is 0 Å². The van der Waals surface area contributed by atoms with Crippen LogP contribution >= 0.6 is 0 Å². The second-order valence-corrected chi connectivity index (χ2v) is 4.21. The van der Waals surface area contributed by atoms with Gasteiger partial charge in [-0.1, -0.05) is 12.1 Å². The largest absolute Gasteiger partial charge is 0.387 e. The molecule has 0 aromatic heterocycles. The van der Waals surface area contributed by atoms with E-state index in [2.05, 4.69) is 5.32 Å². The van der Waals surface area contributed by atoms with E-state index in [-0.39, 0.29) is 5.82 Å². The lowest BCUT2D eigenvalue weighted by atomic mass is 10.1. The fraction of sp³-hybridized carbons (Fsp3) is 0.500. The second kappa shape index (κ2) is 4.29. The maximum absolute atomic E-state index is 13.0. The van der Waals surface area contributed by atoms with Crippen molar-refractivity contribution in [2.75, 3.05) is 6.54 Å². The Bertz CT molecular complexity index is 349. The molecule has 1 unspecified atom stereocenters. The van der Waals surface area contributed by atoms with Crippen LogP contribution in [-0.4, -0.2) is 17.7 Å². The van der Waals surface area contributed by atoms with Gasteiger partial charge in [-0.2, -0.15) is 0 Å². The number of aryl methyl sites for hydroxylation is 1. The van der Waals surface area contributed by atoms with Crippen LogP contribution in [0.2, 0.25) is 0 Å². The number of aliphatic hydroxyl groups excluding tert-OH is 1. The average molecular weight is 209 g/mol. The molecule has 1 aromatic rings.